The summed E-state index contributed by atoms with van der Waals surface area (Å²) in [4.78, 5) is 12.4. The molecule has 0 saturated carbocycles. The van der Waals surface area contributed by atoms with Gasteiger partial charge in [-0.15, -0.1) is 0 Å². The number of benzene rings is 1. The van der Waals surface area contributed by atoms with Gasteiger partial charge < -0.3 is 10.1 Å². The molecule has 0 fully saturated rings. The van der Waals surface area contributed by atoms with E-state index in [1.165, 1.54) is 0 Å². The molecule has 1 aromatic heterocycles. The fourth-order valence-corrected chi connectivity index (χ4v) is 2.50. The van der Waals surface area contributed by atoms with Crippen molar-refractivity contribution in [2.45, 2.75) is 46.7 Å². The predicted octanol–water partition coefficient (Wildman–Crippen LogP) is 3.23. The maximum absolute atomic E-state index is 12.4. The molecule has 0 amide bonds. The first-order valence-corrected chi connectivity index (χ1v) is 8.24. The predicted molar refractivity (Wildman–Crippen MR) is 93.1 cm³/mol. The fraction of sp³-hybridized carbons (Fsp3) is 0.444. The molecule has 1 heterocycles. The number of rotatable bonds is 8. The van der Waals surface area contributed by atoms with Gasteiger partial charge in [-0.25, -0.2) is 4.68 Å². The van der Waals surface area contributed by atoms with Gasteiger partial charge in [0.1, 0.15) is 5.75 Å². The summed E-state index contributed by atoms with van der Waals surface area (Å²) in [6, 6.07) is 7.96. The third kappa shape index (κ3) is 4.34. The summed E-state index contributed by atoms with van der Waals surface area (Å²) in [6.45, 7) is 7.94. The van der Waals surface area contributed by atoms with E-state index in [1.54, 1.807) is 10.9 Å². The zero-order valence-electron chi connectivity index (χ0n) is 14.1. The van der Waals surface area contributed by atoms with Crippen LogP contribution in [0.2, 0.25) is 0 Å². The second kappa shape index (κ2) is 8.36. The highest BCUT2D eigenvalue weighted by atomic mass is 16.5. The van der Waals surface area contributed by atoms with Crippen LogP contribution in [0, 0.1) is 0 Å². The maximum Gasteiger partial charge on any atom is 0.272 e. The molecule has 124 valence electrons. The fourth-order valence-electron chi connectivity index (χ4n) is 2.50. The van der Waals surface area contributed by atoms with Crippen LogP contribution in [0.3, 0.4) is 0 Å². The van der Waals surface area contributed by atoms with Crippen molar-refractivity contribution in [1.82, 2.24) is 9.78 Å². The van der Waals surface area contributed by atoms with Gasteiger partial charge >= 0.3 is 0 Å². The van der Waals surface area contributed by atoms with E-state index in [9.17, 15) is 4.79 Å². The van der Waals surface area contributed by atoms with Gasteiger partial charge in [0.15, 0.2) is 0 Å². The molecule has 1 aromatic carbocycles. The van der Waals surface area contributed by atoms with E-state index in [2.05, 4.69) is 10.4 Å². The molecule has 5 heteroatoms. The summed E-state index contributed by atoms with van der Waals surface area (Å²) in [7, 11) is 0. The lowest BCUT2D eigenvalue weighted by Crippen LogP contribution is -2.27. The van der Waals surface area contributed by atoms with Crippen molar-refractivity contribution >= 4 is 5.69 Å². The van der Waals surface area contributed by atoms with E-state index in [0.29, 0.717) is 26.1 Å². The minimum atomic E-state index is 0.00224. The highest BCUT2D eigenvalue weighted by molar-refractivity contribution is 5.48. The van der Waals surface area contributed by atoms with E-state index >= 15 is 0 Å². The van der Waals surface area contributed by atoms with E-state index in [-0.39, 0.29) is 5.56 Å². The summed E-state index contributed by atoms with van der Waals surface area (Å²) in [5.74, 6) is 0.860. The number of hydrogen-bond donors (Lipinski definition) is 1. The molecule has 0 unspecified atom stereocenters. The van der Waals surface area contributed by atoms with E-state index < -0.39 is 0 Å². The van der Waals surface area contributed by atoms with Gasteiger partial charge in [0.2, 0.25) is 0 Å². The monoisotopic (exact) mass is 315 g/mol. The van der Waals surface area contributed by atoms with Gasteiger partial charge in [0.05, 0.1) is 18.5 Å². The zero-order chi connectivity index (χ0) is 16.7. The standard InChI is InChI=1S/C18H25N3O2/c1-4-10-21-18(22)16(5-2)17(13-20-21)19-12-14-8-7-9-15(11-14)23-6-3/h7-9,11,13,19H,4-6,10,12H2,1-3H3. The van der Waals surface area contributed by atoms with Crippen LogP contribution in [0.25, 0.3) is 0 Å². The Morgan fingerprint density at radius 3 is 2.78 bits per heavy atom. The smallest absolute Gasteiger partial charge is 0.272 e. The molecule has 2 rings (SSSR count). The van der Waals surface area contributed by atoms with Crippen molar-refractivity contribution in [3.8, 4) is 5.75 Å². The Kier molecular flexibility index (Phi) is 6.20. The van der Waals surface area contributed by atoms with Crippen molar-refractivity contribution < 1.29 is 4.74 Å². The van der Waals surface area contributed by atoms with E-state index in [4.69, 9.17) is 4.74 Å². The molecule has 23 heavy (non-hydrogen) atoms. The molecule has 0 aliphatic rings. The Morgan fingerprint density at radius 1 is 1.26 bits per heavy atom. The lowest BCUT2D eigenvalue weighted by Gasteiger charge is -2.13. The molecule has 0 spiro atoms. The molecule has 0 atom stereocenters. The van der Waals surface area contributed by atoms with Crippen LogP contribution in [0.1, 0.15) is 38.3 Å². The van der Waals surface area contributed by atoms with E-state index in [0.717, 1.165) is 29.0 Å². The molecule has 5 nitrogen and oxygen atoms in total. The number of ether oxygens (including phenoxy) is 1. The second-order valence-corrected chi connectivity index (χ2v) is 5.35. The third-order valence-electron chi connectivity index (χ3n) is 3.63. The van der Waals surface area contributed by atoms with Gasteiger partial charge in [-0.1, -0.05) is 26.0 Å². The number of nitrogens with one attached hydrogen (secondary N) is 1. The molecule has 0 aliphatic carbocycles. The first kappa shape index (κ1) is 17.1. The maximum atomic E-state index is 12.4. The average molecular weight is 315 g/mol. The molecule has 0 aliphatic heterocycles. The van der Waals surface area contributed by atoms with Crippen LogP contribution >= 0.6 is 0 Å². The molecule has 2 aromatic rings. The average Bonchev–Trinajstić information content (AvgIpc) is 2.56. The molecule has 1 N–H and O–H groups in total. The highest BCUT2D eigenvalue weighted by Gasteiger charge is 2.09. The zero-order valence-corrected chi connectivity index (χ0v) is 14.1. The molecular formula is C18H25N3O2. The van der Waals surface area contributed by atoms with Crippen LogP contribution in [0.4, 0.5) is 5.69 Å². The molecular weight excluding hydrogens is 290 g/mol. The number of nitrogens with zero attached hydrogens (tertiary/aromatic N) is 2. The van der Waals surface area contributed by atoms with E-state index in [1.807, 2.05) is 45.0 Å². The Hall–Kier alpha value is -2.30. The summed E-state index contributed by atoms with van der Waals surface area (Å²) in [5.41, 5.74) is 2.71. The molecule has 0 saturated heterocycles. The number of aryl methyl sites for hydroxylation is 1. The summed E-state index contributed by atoms with van der Waals surface area (Å²) in [6.07, 6.45) is 3.34. The summed E-state index contributed by atoms with van der Waals surface area (Å²) in [5, 5.41) is 7.58. The lowest BCUT2D eigenvalue weighted by atomic mass is 10.1. The van der Waals surface area contributed by atoms with Gasteiger partial charge in [-0.05, 0) is 37.5 Å². The first-order chi connectivity index (χ1) is 11.2. The van der Waals surface area contributed by atoms with Gasteiger partial charge in [-0.3, -0.25) is 4.79 Å². The largest absolute Gasteiger partial charge is 0.494 e. The normalized spacial score (nSPS) is 10.6. The third-order valence-corrected chi connectivity index (χ3v) is 3.63. The highest BCUT2D eigenvalue weighted by Crippen LogP contribution is 2.16. The van der Waals surface area contributed by atoms with Crippen LogP contribution in [-0.4, -0.2) is 16.4 Å². The van der Waals surface area contributed by atoms with Gasteiger partial charge in [0.25, 0.3) is 5.56 Å². The number of hydrogen-bond acceptors (Lipinski definition) is 4. The minimum absolute atomic E-state index is 0.00224. The quantitative estimate of drug-likeness (QED) is 0.812. The topological polar surface area (TPSA) is 56.1 Å². The van der Waals surface area contributed by atoms with Crippen molar-refractivity contribution in [1.29, 1.82) is 0 Å². The van der Waals surface area contributed by atoms with Crippen molar-refractivity contribution in [2.24, 2.45) is 0 Å². The van der Waals surface area contributed by atoms with Crippen molar-refractivity contribution in [2.75, 3.05) is 11.9 Å². The molecule has 0 radical (unpaired) electrons. The van der Waals surface area contributed by atoms with Crippen LogP contribution in [-0.2, 0) is 19.5 Å². The van der Waals surface area contributed by atoms with Crippen molar-refractivity contribution in [3.05, 3.63) is 51.9 Å². The summed E-state index contributed by atoms with van der Waals surface area (Å²) < 4.78 is 7.05. The number of aromatic nitrogens is 2. The first-order valence-electron chi connectivity index (χ1n) is 8.24. The van der Waals surface area contributed by atoms with Crippen LogP contribution < -0.4 is 15.6 Å². The Bertz CT molecular complexity index is 695. The Balaban J connectivity index is 2.15. The lowest BCUT2D eigenvalue weighted by molar-refractivity contribution is 0.340. The Morgan fingerprint density at radius 2 is 2.09 bits per heavy atom. The number of anilines is 1. The molecule has 0 bridgehead atoms. The van der Waals surface area contributed by atoms with Gasteiger partial charge in [0, 0.05) is 18.7 Å². The SMILES string of the molecule is CCCn1ncc(NCc2cccc(OCC)c2)c(CC)c1=O. The minimum Gasteiger partial charge on any atom is -0.494 e. The van der Waals surface area contributed by atoms with Gasteiger partial charge in [-0.2, -0.15) is 5.10 Å². The van der Waals surface area contributed by atoms with Crippen LogP contribution in [0.15, 0.2) is 35.3 Å². The second-order valence-electron chi connectivity index (χ2n) is 5.35. The van der Waals surface area contributed by atoms with Crippen LogP contribution in [0.5, 0.6) is 5.75 Å². The Labute approximate surface area is 137 Å². The summed E-state index contributed by atoms with van der Waals surface area (Å²) >= 11 is 0. The van der Waals surface area contributed by atoms with Crippen molar-refractivity contribution in [3.63, 3.8) is 0 Å².